The van der Waals surface area contributed by atoms with Gasteiger partial charge in [0.1, 0.15) is 5.75 Å². The van der Waals surface area contributed by atoms with E-state index in [1.165, 1.54) is 11.8 Å². The summed E-state index contributed by atoms with van der Waals surface area (Å²) in [5.74, 6) is 1.98. The summed E-state index contributed by atoms with van der Waals surface area (Å²) >= 11 is 1.24. The Kier molecular flexibility index (Phi) is 5.85. The first kappa shape index (κ1) is 17.9. The van der Waals surface area contributed by atoms with Crippen LogP contribution in [-0.4, -0.2) is 37.2 Å². The highest BCUT2D eigenvalue weighted by Gasteiger charge is 2.14. The first-order chi connectivity index (χ1) is 12.6. The van der Waals surface area contributed by atoms with Crippen molar-refractivity contribution in [3.63, 3.8) is 0 Å². The summed E-state index contributed by atoms with van der Waals surface area (Å²) in [4.78, 5) is 23.9. The highest BCUT2D eigenvalue weighted by atomic mass is 32.2. The molecule has 0 atom stereocenters. The topological polar surface area (TPSA) is 85.9 Å². The van der Waals surface area contributed by atoms with Gasteiger partial charge in [-0.05, 0) is 36.4 Å². The summed E-state index contributed by atoms with van der Waals surface area (Å²) in [6, 6.07) is 12.2. The van der Waals surface area contributed by atoms with Crippen molar-refractivity contribution in [2.75, 3.05) is 36.0 Å². The van der Waals surface area contributed by atoms with Crippen molar-refractivity contribution in [3.05, 3.63) is 42.5 Å². The van der Waals surface area contributed by atoms with E-state index < -0.39 is 0 Å². The molecule has 0 bridgehead atoms. The van der Waals surface area contributed by atoms with Crippen LogP contribution in [0.4, 0.5) is 11.4 Å². The number of fused-ring (bicyclic) bond motifs is 1. The number of methoxy groups -OCH3 is 1. The quantitative estimate of drug-likeness (QED) is 0.775. The number of ether oxygens (including phenoxy) is 3. The zero-order chi connectivity index (χ0) is 18.4. The Balaban J connectivity index is 1.39. The molecule has 0 saturated heterocycles. The summed E-state index contributed by atoms with van der Waals surface area (Å²) in [7, 11) is 1.58. The lowest BCUT2D eigenvalue weighted by Gasteiger charge is -2.07. The maximum atomic E-state index is 12.0. The van der Waals surface area contributed by atoms with Crippen molar-refractivity contribution in [2.45, 2.75) is 0 Å². The van der Waals surface area contributed by atoms with Crippen molar-refractivity contribution >= 4 is 35.0 Å². The number of anilines is 2. The van der Waals surface area contributed by atoms with Crippen LogP contribution in [0.5, 0.6) is 17.2 Å². The maximum absolute atomic E-state index is 12.0. The molecule has 0 radical (unpaired) electrons. The summed E-state index contributed by atoms with van der Waals surface area (Å²) in [6.45, 7) is 0.186. The lowest BCUT2D eigenvalue weighted by molar-refractivity contribution is -0.114. The Morgan fingerprint density at radius 3 is 2.27 bits per heavy atom. The van der Waals surface area contributed by atoms with Crippen LogP contribution in [0, 0.1) is 0 Å². The molecule has 1 aliphatic rings. The zero-order valence-corrected chi connectivity index (χ0v) is 14.9. The van der Waals surface area contributed by atoms with Crippen LogP contribution in [0.25, 0.3) is 0 Å². The Morgan fingerprint density at radius 1 is 0.962 bits per heavy atom. The summed E-state index contributed by atoms with van der Waals surface area (Å²) in [6.07, 6.45) is 0. The predicted molar refractivity (Wildman–Crippen MR) is 100 cm³/mol. The summed E-state index contributed by atoms with van der Waals surface area (Å²) < 4.78 is 15.5. The van der Waals surface area contributed by atoms with Gasteiger partial charge in [0.2, 0.25) is 18.6 Å². The molecule has 0 unspecified atom stereocenters. The molecule has 0 fully saturated rings. The van der Waals surface area contributed by atoms with Crippen LogP contribution in [0.1, 0.15) is 0 Å². The second-order valence-electron chi connectivity index (χ2n) is 5.39. The smallest absolute Gasteiger partial charge is 0.234 e. The third kappa shape index (κ3) is 4.82. The Morgan fingerprint density at radius 2 is 1.58 bits per heavy atom. The fourth-order valence-electron chi connectivity index (χ4n) is 2.28. The molecule has 7 nitrogen and oxygen atoms in total. The molecule has 26 heavy (non-hydrogen) atoms. The van der Waals surface area contributed by atoms with E-state index in [2.05, 4.69) is 10.6 Å². The number of carbonyl (C=O) groups excluding carboxylic acids is 2. The number of thioether (sulfide) groups is 1. The van der Waals surface area contributed by atoms with Gasteiger partial charge in [-0.2, -0.15) is 0 Å². The Hall–Kier alpha value is -2.87. The molecule has 0 saturated carbocycles. The van der Waals surface area contributed by atoms with Gasteiger partial charge in [-0.3, -0.25) is 9.59 Å². The lowest BCUT2D eigenvalue weighted by Crippen LogP contribution is -2.18. The van der Waals surface area contributed by atoms with Crippen molar-refractivity contribution < 1.29 is 23.8 Å². The second-order valence-corrected chi connectivity index (χ2v) is 6.37. The van der Waals surface area contributed by atoms with E-state index >= 15 is 0 Å². The fourth-order valence-corrected chi connectivity index (χ4v) is 2.90. The Labute approximate surface area is 155 Å². The van der Waals surface area contributed by atoms with Crippen molar-refractivity contribution in [1.82, 2.24) is 0 Å². The number of hydrogen-bond donors (Lipinski definition) is 2. The first-order valence-corrected chi connectivity index (χ1v) is 9.00. The van der Waals surface area contributed by atoms with Crippen molar-refractivity contribution in [2.24, 2.45) is 0 Å². The maximum Gasteiger partial charge on any atom is 0.234 e. The van der Waals surface area contributed by atoms with E-state index in [-0.39, 0.29) is 30.1 Å². The van der Waals surface area contributed by atoms with Crippen molar-refractivity contribution in [3.8, 4) is 17.2 Å². The van der Waals surface area contributed by atoms with Gasteiger partial charge in [0.15, 0.2) is 11.5 Å². The molecular weight excluding hydrogens is 356 g/mol. The second kappa shape index (κ2) is 8.48. The van der Waals surface area contributed by atoms with Crippen LogP contribution in [-0.2, 0) is 9.59 Å². The van der Waals surface area contributed by atoms with Gasteiger partial charge < -0.3 is 24.8 Å². The number of nitrogens with one attached hydrogen (secondary N) is 2. The minimum absolute atomic E-state index is 0.170. The molecule has 136 valence electrons. The largest absolute Gasteiger partial charge is 0.497 e. The summed E-state index contributed by atoms with van der Waals surface area (Å²) in [5.41, 5.74) is 1.31. The highest BCUT2D eigenvalue weighted by Crippen LogP contribution is 2.34. The van der Waals surface area contributed by atoms with Crippen LogP contribution in [0.2, 0.25) is 0 Å². The number of rotatable bonds is 7. The van der Waals surface area contributed by atoms with Gasteiger partial charge in [0.05, 0.1) is 18.6 Å². The van der Waals surface area contributed by atoms with Crippen LogP contribution >= 0.6 is 11.8 Å². The third-order valence-electron chi connectivity index (χ3n) is 3.50. The van der Waals surface area contributed by atoms with Crippen LogP contribution in [0.3, 0.4) is 0 Å². The monoisotopic (exact) mass is 374 g/mol. The van der Waals surface area contributed by atoms with E-state index in [9.17, 15) is 9.59 Å². The Bertz CT molecular complexity index is 795. The molecule has 1 aliphatic heterocycles. The van der Waals surface area contributed by atoms with Gasteiger partial charge in [-0.25, -0.2) is 0 Å². The van der Waals surface area contributed by atoms with Gasteiger partial charge in [0, 0.05) is 17.4 Å². The van der Waals surface area contributed by atoms with E-state index in [0.717, 1.165) is 5.75 Å². The van der Waals surface area contributed by atoms with Gasteiger partial charge in [-0.1, -0.05) is 0 Å². The molecule has 0 aromatic heterocycles. The molecule has 2 aromatic carbocycles. The minimum atomic E-state index is -0.189. The average Bonchev–Trinajstić information content (AvgIpc) is 3.10. The van der Waals surface area contributed by atoms with E-state index in [1.54, 1.807) is 49.6 Å². The number of hydrogen-bond acceptors (Lipinski definition) is 6. The van der Waals surface area contributed by atoms with Crippen LogP contribution in [0.15, 0.2) is 42.5 Å². The molecule has 1 heterocycles. The van der Waals surface area contributed by atoms with E-state index in [0.29, 0.717) is 22.9 Å². The lowest BCUT2D eigenvalue weighted by atomic mass is 10.3. The average molecular weight is 374 g/mol. The SMILES string of the molecule is COc1ccc(NC(=O)CSCC(=O)Nc2ccc3c(c2)OCO3)cc1. The predicted octanol–water partition coefficient (Wildman–Crippen LogP) is 2.73. The van der Waals surface area contributed by atoms with Gasteiger partial charge in [-0.15, -0.1) is 11.8 Å². The van der Waals surface area contributed by atoms with E-state index in [1.807, 2.05) is 0 Å². The van der Waals surface area contributed by atoms with Crippen molar-refractivity contribution in [1.29, 1.82) is 0 Å². The zero-order valence-electron chi connectivity index (χ0n) is 14.1. The fraction of sp³-hybridized carbons (Fsp3) is 0.222. The molecule has 0 spiro atoms. The first-order valence-electron chi connectivity index (χ1n) is 7.85. The summed E-state index contributed by atoms with van der Waals surface area (Å²) in [5, 5.41) is 5.53. The van der Waals surface area contributed by atoms with Gasteiger partial charge >= 0.3 is 0 Å². The number of amides is 2. The molecule has 2 N–H and O–H groups in total. The van der Waals surface area contributed by atoms with Crippen LogP contribution < -0.4 is 24.8 Å². The normalized spacial score (nSPS) is 11.7. The molecule has 3 rings (SSSR count). The molecule has 2 amide bonds. The third-order valence-corrected chi connectivity index (χ3v) is 4.43. The molecule has 0 aliphatic carbocycles. The number of benzene rings is 2. The van der Waals surface area contributed by atoms with E-state index in [4.69, 9.17) is 14.2 Å². The van der Waals surface area contributed by atoms with Gasteiger partial charge in [0.25, 0.3) is 0 Å². The molecule has 2 aromatic rings. The standard InChI is InChI=1S/C18H18N2O5S/c1-23-14-5-2-12(3-6-14)19-17(21)9-26-10-18(22)20-13-4-7-15-16(8-13)25-11-24-15/h2-8H,9-11H2,1H3,(H,19,21)(H,20,22). The number of carbonyl (C=O) groups is 2. The highest BCUT2D eigenvalue weighted by molar-refractivity contribution is 8.00. The molecular formula is C18H18N2O5S. The minimum Gasteiger partial charge on any atom is -0.497 e. The molecule has 8 heteroatoms.